The Hall–Kier alpha value is -1.56. The molecule has 3 nitrogen and oxygen atoms in total. The van der Waals surface area contributed by atoms with Gasteiger partial charge in [0.15, 0.2) is 0 Å². The lowest BCUT2D eigenvalue weighted by Gasteiger charge is -2.29. The smallest absolute Gasteiger partial charge is 0.348 e. The Morgan fingerprint density at radius 2 is 1.75 bits per heavy atom. The number of hydrogen-bond donors (Lipinski definition) is 2. The molecule has 0 saturated heterocycles. The zero-order valence-electron chi connectivity index (χ0n) is 10.9. The van der Waals surface area contributed by atoms with E-state index in [2.05, 4.69) is 5.32 Å². The second-order valence-electron chi connectivity index (χ2n) is 5.10. The van der Waals surface area contributed by atoms with Gasteiger partial charge in [0, 0.05) is 17.6 Å². The molecule has 3 N–H and O–H groups in total. The van der Waals surface area contributed by atoms with E-state index in [4.69, 9.17) is 5.73 Å². The van der Waals surface area contributed by atoms with Crippen LogP contribution in [0, 0.1) is 0 Å². The lowest BCUT2D eigenvalue weighted by molar-refractivity contribution is -0.137. The van der Waals surface area contributed by atoms with Crippen molar-refractivity contribution in [3.05, 3.63) is 35.4 Å². The first kappa shape index (κ1) is 14.8. The van der Waals surface area contributed by atoms with Gasteiger partial charge in [-0.05, 0) is 37.1 Å². The Bertz CT molecular complexity index is 470. The van der Waals surface area contributed by atoms with Gasteiger partial charge in [-0.25, -0.2) is 0 Å². The van der Waals surface area contributed by atoms with Crippen molar-refractivity contribution in [3.8, 4) is 0 Å². The fourth-order valence-electron chi connectivity index (χ4n) is 2.40. The van der Waals surface area contributed by atoms with Gasteiger partial charge in [0.05, 0.1) is 5.56 Å². The van der Waals surface area contributed by atoms with Crippen LogP contribution < -0.4 is 11.1 Å². The number of carbonyl (C=O) groups is 1. The SMILES string of the molecule is N[C@@H]1CCCC[C@H]1NC(=O)c1ccc(C(F)(F)F)cc1. The van der Waals surface area contributed by atoms with E-state index in [-0.39, 0.29) is 23.6 Å². The minimum atomic E-state index is -4.39. The summed E-state index contributed by atoms with van der Waals surface area (Å²) >= 11 is 0. The van der Waals surface area contributed by atoms with Gasteiger partial charge in [-0.1, -0.05) is 12.8 Å². The van der Waals surface area contributed by atoms with Crippen molar-refractivity contribution in [2.75, 3.05) is 0 Å². The summed E-state index contributed by atoms with van der Waals surface area (Å²) in [4.78, 5) is 12.0. The van der Waals surface area contributed by atoms with Crippen LogP contribution in [0.4, 0.5) is 13.2 Å². The van der Waals surface area contributed by atoms with Crippen LogP contribution in [0.25, 0.3) is 0 Å². The Kier molecular flexibility index (Phi) is 4.32. The third-order valence-corrected chi connectivity index (χ3v) is 3.61. The van der Waals surface area contributed by atoms with Crippen LogP contribution in [0.5, 0.6) is 0 Å². The molecule has 0 radical (unpaired) electrons. The highest BCUT2D eigenvalue weighted by molar-refractivity contribution is 5.94. The normalized spacial score (nSPS) is 23.4. The average Bonchev–Trinajstić information content (AvgIpc) is 2.40. The molecule has 1 saturated carbocycles. The van der Waals surface area contributed by atoms with Crippen molar-refractivity contribution in [3.63, 3.8) is 0 Å². The monoisotopic (exact) mass is 286 g/mol. The quantitative estimate of drug-likeness (QED) is 0.878. The molecule has 0 aromatic heterocycles. The molecule has 1 aliphatic rings. The molecular weight excluding hydrogens is 269 g/mol. The van der Waals surface area contributed by atoms with E-state index in [9.17, 15) is 18.0 Å². The molecule has 0 heterocycles. The Labute approximate surface area is 115 Å². The molecule has 0 aliphatic heterocycles. The van der Waals surface area contributed by atoms with Crippen molar-refractivity contribution >= 4 is 5.91 Å². The Balaban J connectivity index is 2.02. The van der Waals surface area contributed by atoms with Gasteiger partial charge in [0.1, 0.15) is 0 Å². The highest BCUT2D eigenvalue weighted by Crippen LogP contribution is 2.29. The van der Waals surface area contributed by atoms with Crippen molar-refractivity contribution < 1.29 is 18.0 Å². The maximum atomic E-state index is 12.4. The molecule has 0 bridgehead atoms. The number of rotatable bonds is 2. The highest BCUT2D eigenvalue weighted by Gasteiger charge is 2.30. The zero-order chi connectivity index (χ0) is 14.8. The summed E-state index contributed by atoms with van der Waals surface area (Å²) in [6.45, 7) is 0. The molecule has 2 atom stereocenters. The third-order valence-electron chi connectivity index (χ3n) is 3.61. The maximum Gasteiger partial charge on any atom is 0.416 e. The van der Waals surface area contributed by atoms with Gasteiger partial charge >= 0.3 is 6.18 Å². The molecule has 0 unspecified atom stereocenters. The van der Waals surface area contributed by atoms with E-state index >= 15 is 0 Å². The lowest BCUT2D eigenvalue weighted by atomic mass is 9.91. The molecule has 1 aromatic rings. The number of amides is 1. The van der Waals surface area contributed by atoms with E-state index in [0.29, 0.717) is 0 Å². The number of nitrogens with one attached hydrogen (secondary N) is 1. The summed E-state index contributed by atoms with van der Waals surface area (Å²) in [5.74, 6) is -0.374. The van der Waals surface area contributed by atoms with E-state index in [1.165, 1.54) is 12.1 Å². The second-order valence-corrected chi connectivity index (χ2v) is 5.10. The summed E-state index contributed by atoms with van der Waals surface area (Å²) < 4.78 is 37.3. The molecule has 6 heteroatoms. The molecule has 1 fully saturated rings. The van der Waals surface area contributed by atoms with Crippen LogP contribution in [0.1, 0.15) is 41.6 Å². The largest absolute Gasteiger partial charge is 0.416 e. The summed E-state index contributed by atoms with van der Waals surface area (Å²) in [6, 6.07) is 4.02. The number of alkyl halides is 3. The average molecular weight is 286 g/mol. The van der Waals surface area contributed by atoms with E-state index in [1.807, 2.05) is 0 Å². The van der Waals surface area contributed by atoms with E-state index < -0.39 is 11.7 Å². The number of halogens is 3. The number of nitrogens with two attached hydrogens (primary N) is 1. The summed E-state index contributed by atoms with van der Waals surface area (Å²) in [5.41, 5.74) is 5.38. The van der Waals surface area contributed by atoms with E-state index in [0.717, 1.165) is 37.8 Å². The predicted molar refractivity (Wildman–Crippen MR) is 69.1 cm³/mol. The van der Waals surface area contributed by atoms with Crippen molar-refractivity contribution in [1.29, 1.82) is 0 Å². The van der Waals surface area contributed by atoms with Crippen LogP contribution in [0.2, 0.25) is 0 Å². The molecule has 1 aliphatic carbocycles. The molecule has 1 aromatic carbocycles. The fraction of sp³-hybridized carbons (Fsp3) is 0.500. The molecule has 0 spiro atoms. The topological polar surface area (TPSA) is 55.1 Å². The standard InChI is InChI=1S/C14H17F3N2O/c15-14(16,17)10-7-5-9(6-8-10)13(20)19-12-4-2-1-3-11(12)18/h5-8,11-12H,1-4,18H2,(H,19,20)/t11-,12-/m1/s1. The molecular formula is C14H17F3N2O. The van der Waals surface area contributed by atoms with Gasteiger partial charge < -0.3 is 11.1 Å². The summed E-state index contributed by atoms with van der Waals surface area (Å²) in [5, 5.41) is 2.80. The highest BCUT2D eigenvalue weighted by atomic mass is 19.4. The van der Waals surface area contributed by atoms with E-state index in [1.54, 1.807) is 0 Å². The van der Waals surface area contributed by atoms with Crippen LogP contribution in [0.3, 0.4) is 0 Å². The van der Waals surface area contributed by atoms with Crippen LogP contribution >= 0.6 is 0 Å². The van der Waals surface area contributed by atoms with Crippen LogP contribution in [0.15, 0.2) is 24.3 Å². The maximum absolute atomic E-state index is 12.4. The first-order valence-electron chi connectivity index (χ1n) is 6.61. The first-order valence-corrected chi connectivity index (χ1v) is 6.61. The minimum absolute atomic E-state index is 0.0813. The molecule has 1 amide bonds. The van der Waals surface area contributed by atoms with Gasteiger partial charge in [0.2, 0.25) is 0 Å². The van der Waals surface area contributed by atoms with Crippen molar-refractivity contribution in [2.24, 2.45) is 5.73 Å². The minimum Gasteiger partial charge on any atom is -0.348 e. The zero-order valence-corrected chi connectivity index (χ0v) is 10.9. The van der Waals surface area contributed by atoms with Crippen molar-refractivity contribution in [2.45, 2.75) is 43.9 Å². The Morgan fingerprint density at radius 3 is 2.30 bits per heavy atom. The van der Waals surface area contributed by atoms with Gasteiger partial charge in [-0.3, -0.25) is 4.79 Å². The van der Waals surface area contributed by atoms with Crippen LogP contribution in [-0.4, -0.2) is 18.0 Å². The summed E-state index contributed by atoms with van der Waals surface area (Å²) in [7, 11) is 0. The predicted octanol–water partition coefficient (Wildman–Crippen LogP) is 2.71. The third kappa shape index (κ3) is 3.50. The molecule has 20 heavy (non-hydrogen) atoms. The molecule has 110 valence electrons. The molecule has 2 rings (SSSR count). The first-order chi connectivity index (χ1) is 9.38. The lowest BCUT2D eigenvalue weighted by Crippen LogP contribution is -2.49. The second kappa shape index (κ2) is 5.83. The van der Waals surface area contributed by atoms with Gasteiger partial charge in [0.25, 0.3) is 5.91 Å². The Morgan fingerprint density at radius 1 is 1.15 bits per heavy atom. The number of benzene rings is 1. The fourth-order valence-corrected chi connectivity index (χ4v) is 2.40. The van der Waals surface area contributed by atoms with Gasteiger partial charge in [-0.15, -0.1) is 0 Å². The van der Waals surface area contributed by atoms with Crippen molar-refractivity contribution in [1.82, 2.24) is 5.32 Å². The summed E-state index contributed by atoms with van der Waals surface area (Å²) in [6.07, 6.45) is -0.661. The number of hydrogen-bond acceptors (Lipinski definition) is 2. The van der Waals surface area contributed by atoms with Gasteiger partial charge in [-0.2, -0.15) is 13.2 Å². The number of carbonyl (C=O) groups excluding carboxylic acids is 1. The van der Waals surface area contributed by atoms with Crippen LogP contribution in [-0.2, 0) is 6.18 Å².